The molecule has 0 unspecified atom stereocenters. The Morgan fingerprint density at radius 1 is 1.50 bits per heavy atom. The second-order valence-corrected chi connectivity index (χ2v) is 3.20. The van der Waals surface area contributed by atoms with Gasteiger partial charge in [0.1, 0.15) is 13.2 Å². The third kappa shape index (κ3) is 4.17. The van der Waals surface area contributed by atoms with Crippen LogP contribution in [0.4, 0.5) is 0 Å². The molecule has 0 heterocycles. The molecule has 78 valence electrons. The summed E-state index contributed by atoms with van der Waals surface area (Å²) in [6.07, 6.45) is 10.2. The van der Waals surface area contributed by atoms with E-state index in [9.17, 15) is 0 Å². The number of hydrogen-bond acceptors (Lipinski definition) is 2. The quantitative estimate of drug-likeness (QED) is 0.494. The lowest BCUT2D eigenvalue weighted by Crippen LogP contribution is -2.04. The molecule has 0 aliphatic heterocycles. The predicted molar refractivity (Wildman–Crippen MR) is 57.8 cm³/mol. The highest BCUT2D eigenvalue weighted by Gasteiger charge is 1.99. The van der Waals surface area contributed by atoms with Crippen LogP contribution in [0.25, 0.3) is 0 Å². The van der Waals surface area contributed by atoms with Gasteiger partial charge in [-0.3, -0.25) is 0 Å². The molecule has 0 bridgehead atoms. The van der Waals surface area contributed by atoms with Gasteiger partial charge >= 0.3 is 0 Å². The van der Waals surface area contributed by atoms with Crippen LogP contribution in [0.2, 0.25) is 0 Å². The summed E-state index contributed by atoms with van der Waals surface area (Å²) < 4.78 is 10.9. The minimum atomic E-state index is 0.622. The van der Waals surface area contributed by atoms with Crippen LogP contribution < -0.4 is 0 Å². The van der Waals surface area contributed by atoms with Crippen LogP contribution in [-0.2, 0) is 9.47 Å². The summed E-state index contributed by atoms with van der Waals surface area (Å²) in [6, 6.07) is 0. The molecule has 2 nitrogen and oxygen atoms in total. The third-order valence-corrected chi connectivity index (χ3v) is 2.08. The van der Waals surface area contributed by atoms with E-state index in [0.717, 1.165) is 24.4 Å². The predicted octanol–water partition coefficient (Wildman–Crippen LogP) is 3.18. The SMILES string of the molecule is C/C=C(\C)OCCOC1=CC=CCC1. The van der Waals surface area contributed by atoms with Crippen LogP contribution in [-0.4, -0.2) is 13.2 Å². The Morgan fingerprint density at radius 3 is 3.00 bits per heavy atom. The van der Waals surface area contributed by atoms with E-state index in [1.165, 1.54) is 0 Å². The maximum absolute atomic E-state index is 5.54. The fraction of sp³-hybridized carbons (Fsp3) is 0.500. The van der Waals surface area contributed by atoms with Gasteiger partial charge < -0.3 is 9.47 Å². The summed E-state index contributed by atoms with van der Waals surface area (Å²) in [5.41, 5.74) is 0. The molecule has 0 saturated heterocycles. The van der Waals surface area contributed by atoms with Crippen LogP contribution in [0.1, 0.15) is 26.7 Å². The molecule has 0 aromatic carbocycles. The molecular formula is C12H18O2. The molecule has 0 spiro atoms. The minimum Gasteiger partial charge on any atom is -0.495 e. The molecule has 0 saturated carbocycles. The van der Waals surface area contributed by atoms with E-state index >= 15 is 0 Å². The number of ether oxygens (including phenoxy) is 2. The molecule has 0 N–H and O–H groups in total. The first-order valence-corrected chi connectivity index (χ1v) is 5.07. The molecule has 0 aromatic rings. The average Bonchev–Trinajstić information content (AvgIpc) is 2.25. The Kier molecular flexibility index (Phi) is 4.90. The second-order valence-electron chi connectivity index (χ2n) is 3.20. The Bertz CT molecular complexity index is 249. The zero-order valence-electron chi connectivity index (χ0n) is 8.95. The van der Waals surface area contributed by atoms with Crippen molar-refractivity contribution < 1.29 is 9.47 Å². The summed E-state index contributed by atoms with van der Waals surface area (Å²) in [5, 5.41) is 0. The first kappa shape index (κ1) is 10.9. The molecule has 0 atom stereocenters. The van der Waals surface area contributed by atoms with Crippen LogP contribution in [0.5, 0.6) is 0 Å². The van der Waals surface area contributed by atoms with Gasteiger partial charge in [-0.1, -0.05) is 18.2 Å². The fourth-order valence-electron chi connectivity index (χ4n) is 1.16. The first-order valence-electron chi connectivity index (χ1n) is 5.07. The van der Waals surface area contributed by atoms with Gasteiger partial charge in [0.2, 0.25) is 0 Å². The lowest BCUT2D eigenvalue weighted by molar-refractivity contribution is 0.113. The van der Waals surface area contributed by atoms with Gasteiger partial charge in [-0.2, -0.15) is 0 Å². The average molecular weight is 194 g/mol. The fourth-order valence-corrected chi connectivity index (χ4v) is 1.16. The molecule has 14 heavy (non-hydrogen) atoms. The Balaban J connectivity index is 2.09. The summed E-state index contributed by atoms with van der Waals surface area (Å²) in [6.45, 7) is 5.16. The zero-order chi connectivity index (χ0) is 10.2. The Labute approximate surface area is 85.9 Å². The van der Waals surface area contributed by atoms with Crippen molar-refractivity contribution in [2.24, 2.45) is 0 Å². The van der Waals surface area contributed by atoms with Crippen molar-refractivity contribution in [3.8, 4) is 0 Å². The summed E-state index contributed by atoms with van der Waals surface area (Å²) in [7, 11) is 0. The Morgan fingerprint density at radius 2 is 2.36 bits per heavy atom. The van der Waals surface area contributed by atoms with Crippen molar-refractivity contribution in [3.63, 3.8) is 0 Å². The lowest BCUT2D eigenvalue weighted by Gasteiger charge is -2.12. The van der Waals surface area contributed by atoms with Crippen molar-refractivity contribution in [1.82, 2.24) is 0 Å². The van der Waals surface area contributed by atoms with Crippen molar-refractivity contribution in [2.75, 3.05) is 13.2 Å². The van der Waals surface area contributed by atoms with Crippen LogP contribution in [0, 0.1) is 0 Å². The second kappa shape index (κ2) is 6.30. The van der Waals surface area contributed by atoms with E-state index in [1.807, 2.05) is 32.1 Å². The van der Waals surface area contributed by atoms with Gasteiger partial charge in [-0.15, -0.1) is 0 Å². The minimum absolute atomic E-state index is 0.622. The molecular weight excluding hydrogens is 176 g/mol. The summed E-state index contributed by atoms with van der Waals surface area (Å²) >= 11 is 0. The maximum Gasteiger partial charge on any atom is 0.122 e. The highest BCUT2D eigenvalue weighted by atomic mass is 16.5. The van der Waals surface area contributed by atoms with Gasteiger partial charge in [0.25, 0.3) is 0 Å². The molecule has 1 aliphatic rings. The van der Waals surface area contributed by atoms with Gasteiger partial charge in [0.15, 0.2) is 0 Å². The van der Waals surface area contributed by atoms with Gasteiger partial charge in [-0.25, -0.2) is 0 Å². The van der Waals surface area contributed by atoms with Gasteiger partial charge in [0, 0.05) is 6.42 Å². The van der Waals surface area contributed by atoms with E-state index in [1.54, 1.807) is 0 Å². The number of rotatable bonds is 5. The highest BCUT2D eigenvalue weighted by molar-refractivity contribution is 5.12. The maximum atomic E-state index is 5.54. The zero-order valence-corrected chi connectivity index (χ0v) is 8.95. The summed E-state index contributed by atoms with van der Waals surface area (Å²) in [4.78, 5) is 0. The van der Waals surface area contributed by atoms with Crippen LogP contribution in [0.3, 0.4) is 0 Å². The first-order chi connectivity index (χ1) is 6.83. The van der Waals surface area contributed by atoms with E-state index in [0.29, 0.717) is 13.2 Å². The largest absolute Gasteiger partial charge is 0.495 e. The molecule has 0 fully saturated rings. The highest BCUT2D eigenvalue weighted by Crippen LogP contribution is 2.12. The monoisotopic (exact) mass is 194 g/mol. The van der Waals surface area contributed by atoms with E-state index in [2.05, 4.69) is 6.08 Å². The van der Waals surface area contributed by atoms with Crippen LogP contribution in [0.15, 0.2) is 35.8 Å². The van der Waals surface area contributed by atoms with Crippen LogP contribution >= 0.6 is 0 Å². The molecule has 1 aliphatic carbocycles. The summed E-state index contributed by atoms with van der Waals surface area (Å²) in [5.74, 6) is 2.01. The van der Waals surface area contributed by atoms with Crippen molar-refractivity contribution in [3.05, 3.63) is 35.8 Å². The van der Waals surface area contributed by atoms with Crippen molar-refractivity contribution in [1.29, 1.82) is 0 Å². The van der Waals surface area contributed by atoms with E-state index < -0.39 is 0 Å². The number of hydrogen-bond donors (Lipinski definition) is 0. The molecule has 1 rings (SSSR count). The van der Waals surface area contributed by atoms with Gasteiger partial charge in [0.05, 0.1) is 11.5 Å². The molecule has 0 aromatic heterocycles. The molecule has 0 amide bonds. The topological polar surface area (TPSA) is 18.5 Å². The van der Waals surface area contributed by atoms with Crippen molar-refractivity contribution >= 4 is 0 Å². The molecule has 0 radical (unpaired) electrons. The van der Waals surface area contributed by atoms with E-state index in [4.69, 9.17) is 9.47 Å². The molecule has 2 heteroatoms. The normalized spacial score (nSPS) is 16.4. The third-order valence-electron chi connectivity index (χ3n) is 2.08. The standard InChI is InChI=1S/C12H18O2/c1-3-11(2)13-9-10-14-12-7-5-4-6-8-12/h3-5,7H,6,8-10H2,1-2H3/b11-3+. The smallest absolute Gasteiger partial charge is 0.122 e. The lowest BCUT2D eigenvalue weighted by atomic mass is 10.2. The van der Waals surface area contributed by atoms with Crippen molar-refractivity contribution in [2.45, 2.75) is 26.7 Å². The van der Waals surface area contributed by atoms with Gasteiger partial charge in [-0.05, 0) is 26.3 Å². The van der Waals surface area contributed by atoms with E-state index in [-0.39, 0.29) is 0 Å². The number of allylic oxidation sites excluding steroid dienone is 6. The Hall–Kier alpha value is -1.18.